The molecule has 0 spiro atoms. The molecule has 0 aliphatic heterocycles. The lowest BCUT2D eigenvalue weighted by Gasteiger charge is -2.30. The number of carbonyl (C=O) groups excluding carboxylic acids is 1. The Morgan fingerprint density at radius 3 is 2.12 bits per heavy atom. The molecule has 0 aromatic heterocycles. The van der Waals surface area contributed by atoms with Crippen LogP contribution in [0.1, 0.15) is 34.1 Å². The van der Waals surface area contributed by atoms with Crippen LogP contribution in [-0.4, -0.2) is 55.4 Å². The Bertz CT molecular complexity index is 204. The Morgan fingerprint density at radius 1 is 1.19 bits per heavy atom. The zero-order valence-electron chi connectivity index (χ0n) is 11.8. The second kappa shape index (κ2) is 7.80. The van der Waals surface area contributed by atoms with Gasteiger partial charge in [-0.15, -0.1) is 0 Å². The first-order chi connectivity index (χ1) is 7.42. The third-order valence-electron chi connectivity index (χ3n) is 3.18. The SMILES string of the molecule is CCC(C)C(=O)CN(CC)C(C)CN(C)C. The number of nitrogens with zero attached hydrogens (tertiary/aromatic N) is 2. The van der Waals surface area contributed by atoms with Crippen LogP contribution < -0.4 is 0 Å². The van der Waals surface area contributed by atoms with Crippen molar-refractivity contribution in [2.24, 2.45) is 5.92 Å². The molecule has 3 nitrogen and oxygen atoms in total. The topological polar surface area (TPSA) is 23.6 Å². The Hall–Kier alpha value is -0.410. The Morgan fingerprint density at radius 2 is 1.75 bits per heavy atom. The van der Waals surface area contributed by atoms with Crippen molar-refractivity contribution in [3.63, 3.8) is 0 Å². The number of ketones is 1. The monoisotopic (exact) mass is 228 g/mol. The van der Waals surface area contributed by atoms with Crippen LogP contribution in [0.4, 0.5) is 0 Å². The van der Waals surface area contributed by atoms with Gasteiger partial charge in [0.25, 0.3) is 0 Å². The van der Waals surface area contributed by atoms with Crippen LogP contribution in [0.5, 0.6) is 0 Å². The Balaban J connectivity index is 4.23. The van der Waals surface area contributed by atoms with Gasteiger partial charge in [-0.25, -0.2) is 0 Å². The van der Waals surface area contributed by atoms with Crippen LogP contribution in [0.3, 0.4) is 0 Å². The molecule has 0 aromatic rings. The molecule has 0 aromatic carbocycles. The molecule has 96 valence electrons. The molecule has 0 rings (SSSR count). The summed E-state index contributed by atoms with van der Waals surface area (Å²) in [6.07, 6.45) is 0.943. The minimum Gasteiger partial charge on any atom is -0.308 e. The number of hydrogen-bond donors (Lipinski definition) is 0. The first-order valence-corrected chi connectivity index (χ1v) is 6.33. The molecule has 2 unspecified atom stereocenters. The van der Waals surface area contributed by atoms with Gasteiger partial charge in [0.15, 0.2) is 0 Å². The maximum Gasteiger partial charge on any atom is 0.149 e. The van der Waals surface area contributed by atoms with E-state index in [1.165, 1.54) is 0 Å². The van der Waals surface area contributed by atoms with Crippen molar-refractivity contribution in [3.8, 4) is 0 Å². The predicted molar refractivity (Wildman–Crippen MR) is 69.7 cm³/mol. The molecule has 0 radical (unpaired) electrons. The molecule has 0 bridgehead atoms. The number of likely N-dealkylation sites (N-methyl/N-ethyl adjacent to an activating group) is 2. The van der Waals surface area contributed by atoms with Gasteiger partial charge in [-0.05, 0) is 34.0 Å². The Labute approximate surface area is 101 Å². The lowest BCUT2D eigenvalue weighted by atomic mass is 10.0. The van der Waals surface area contributed by atoms with Gasteiger partial charge in [-0.1, -0.05) is 20.8 Å². The fourth-order valence-corrected chi connectivity index (χ4v) is 1.81. The van der Waals surface area contributed by atoms with Crippen molar-refractivity contribution in [3.05, 3.63) is 0 Å². The summed E-state index contributed by atoms with van der Waals surface area (Å²) in [5, 5.41) is 0. The lowest BCUT2D eigenvalue weighted by molar-refractivity contribution is -0.124. The Kier molecular flexibility index (Phi) is 7.60. The first kappa shape index (κ1) is 15.6. The number of hydrogen-bond acceptors (Lipinski definition) is 3. The average molecular weight is 228 g/mol. The van der Waals surface area contributed by atoms with Crippen LogP contribution in [-0.2, 0) is 4.79 Å². The number of carbonyl (C=O) groups is 1. The van der Waals surface area contributed by atoms with Gasteiger partial charge in [-0.2, -0.15) is 0 Å². The summed E-state index contributed by atoms with van der Waals surface area (Å²) in [6.45, 7) is 10.9. The molecular formula is C13H28N2O. The van der Waals surface area contributed by atoms with E-state index in [4.69, 9.17) is 0 Å². The van der Waals surface area contributed by atoms with Crippen LogP contribution >= 0.6 is 0 Å². The molecule has 3 heteroatoms. The van der Waals surface area contributed by atoms with Crippen molar-refractivity contribution < 1.29 is 4.79 Å². The quantitative estimate of drug-likeness (QED) is 0.634. The molecule has 0 saturated heterocycles. The van der Waals surface area contributed by atoms with E-state index in [0.29, 0.717) is 18.4 Å². The maximum atomic E-state index is 11.9. The fraction of sp³-hybridized carbons (Fsp3) is 0.923. The second-order valence-corrected chi connectivity index (χ2v) is 4.95. The average Bonchev–Trinajstić information content (AvgIpc) is 2.23. The van der Waals surface area contributed by atoms with Crippen LogP contribution in [0, 0.1) is 5.92 Å². The minimum atomic E-state index is 0.195. The van der Waals surface area contributed by atoms with Crippen LogP contribution in [0.2, 0.25) is 0 Å². The summed E-state index contributed by atoms with van der Waals surface area (Å²) in [7, 11) is 4.14. The van der Waals surface area contributed by atoms with E-state index in [1.807, 2.05) is 6.92 Å². The van der Waals surface area contributed by atoms with Crippen molar-refractivity contribution in [2.75, 3.05) is 33.7 Å². The standard InChI is InChI=1S/C13H28N2O/c1-7-11(3)13(16)10-15(8-2)12(4)9-14(5)6/h11-12H,7-10H2,1-6H3. The third-order valence-corrected chi connectivity index (χ3v) is 3.18. The molecule has 2 atom stereocenters. The van der Waals surface area contributed by atoms with E-state index in [9.17, 15) is 4.79 Å². The van der Waals surface area contributed by atoms with Crippen molar-refractivity contribution >= 4 is 5.78 Å². The summed E-state index contributed by atoms with van der Waals surface area (Å²) in [5.74, 6) is 0.565. The zero-order chi connectivity index (χ0) is 12.7. The van der Waals surface area contributed by atoms with E-state index < -0.39 is 0 Å². The highest BCUT2D eigenvalue weighted by Crippen LogP contribution is 2.07. The lowest BCUT2D eigenvalue weighted by Crippen LogP contribution is -2.43. The molecule has 0 saturated carbocycles. The number of rotatable bonds is 8. The van der Waals surface area contributed by atoms with Gasteiger partial charge in [0.1, 0.15) is 5.78 Å². The maximum absolute atomic E-state index is 11.9. The second-order valence-electron chi connectivity index (χ2n) is 4.95. The predicted octanol–water partition coefficient (Wildman–Crippen LogP) is 1.87. The smallest absolute Gasteiger partial charge is 0.149 e. The van der Waals surface area contributed by atoms with Crippen LogP contribution in [0.15, 0.2) is 0 Å². The van der Waals surface area contributed by atoms with E-state index in [2.05, 4.69) is 44.7 Å². The highest BCUT2D eigenvalue weighted by atomic mass is 16.1. The summed E-state index contributed by atoms with van der Waals surface area (Å²) in [5.41, 5.74) is 0. The molecule has 0 aliphatic rings. The van der Waals surface area contributed by atoms with Gasteiger partial charge < -0.3 is 4.90 Å². The van der Waals surface area contributed by atoms with Gasteiger partial charge >= 0.3 is 0 Å². The minimum absolute atomic E-state index is 0.195. The number of Topliss-reactive ketones (excluding diaryl/α,β-unsaturated/α-hetero) is 1. The molecule has 0 heterocycles. The summed E-state index contributed by atoms with van der Waals surface area (Å²) >= 11 is 0. The zero-order valence-corrected chi connectivity index (χ0v) is 11.8. The van der Waals surface area contributed by atoms with Gasteiger partial charge in [0.2, 0.25) is 0 Å². The molecular weight excluding hydrogens is 200 g/mol. The normalized spacial score (nSPS) is 15.5. The molecule has 0 amide bonds. The van der Waals surface area contributed by atoms with Crippen molar-refractivity contribution in [2.45, 2.75) is 40.2 Å². The molecule has 16 heavy (non-hydrogen) atoms. The highest BCUT2D eigenvalue weighted by Gasteiger charge is 2.18. The van der Waals surface area contributed by atoms with Crippen molar-refractivity contribution in [1.29, 1.82) is 0 Å². The van der Waals surface area contributed by atoms with Gasteiger partial charge in [-0.3, -0.25) is 9.69 Å². The van der Waals surface area contributed by atoms with Crippen molar-refractivity contribution in [1.82, 2.24) is 9.80 Å². The molecule has 0 fully saturated rings. The summed E-state index contributed by atoms with van der Waals surface area (Å²) < 4.78 is 0. The fourth-order valence-electron chi connectivity index (χ4n) is 1.81. The van der Waals surface area contributed by atoms with Gasteiger partial charge in [0.05, 0.1) is 6.54 Å². The summed E-state index contributed by atoms with van der Waals surface area (Å²) in [6, 6.07) is 0.438. The van der Waals surface area contributed by atoms with E-state index in [1.54, 1.807) is 0 Å². The largest absolute Gasteiger partial charge is 0.308 e. The van der Waals surface area contributed by atoms with Crippen LogP contribution in [0.25, 0.3) is 0 Å². The summed E-state index contributed by atoms with van der Waals surface area (Å²) in [4.78, 5) is 16.3. The van der Waals surface area contributed by atoms with E-state index in [0.717, 1.165) is 19.5 Å². The first-order valence-electron chi connectivity index (χ1n) is 6.33. The van der Waals surface area contributed by atoms with E-state index >= 15 is 0 Å². The van der Waals surface area contributed by atoms with E-state index in [-0.39, 0.29) is 5.92 Å². The third kappa shape index (κ3) is 5.61. The van der Waals surface area contributed by atoms with Gasteiger partial charge in [0, 0.05) is 18.5 Å². The molecule has 0 N–H and O–H groups in total. The molecule has 0 aliphatic carbocycles. The highest BCUT2D eigenvalue weighted by molar-refractivity contribution is 5.82.